The third-order valence-electron chi connectivity index (χ3n) is 8.17. The van der Waals surface area contributed by atoms with E-state index in [2.05, 4.69) is 52.4 Å². The lowest BCUT2D eigenvalue weighted by Crippen LogP contribution is -2.36. The fraction of sp³-hybridized carbons (Fsp3) is 0.882. The van der Waals surface area contributed by atoms with Crippen molar-refractivity contribution in [3.63, 3.8) is 0 Å². The molecule has 2 saturated heterocycles. The molecular weight excluding hydrogens is 636 g/mol. The SMILES string of the molecule is CC(C)CN(C)CCCCNC(=O)CCCC(=O)NCCCOCCOCCOCCCNC(=O)CCCC[C@@H]1SC[C@@H]2NC(=O)N[C@@H]21. The predicted octanol–water partition coefficient (Wildman–Crippen LogP) is 2.43. The van der Waals surface area contributed by atoms with E-state index in [0.29, 0.717) is 96.1 Å². The number of nitrogens with one attached hydrogen (secondary N) is 5. The molecule has 3 atom stereocenters. The zero-order valence-electron chi connectivity index (χ0n) is 29.8. The lowest BCUT2D eigenvalue weighted by atomic mass is 10.0. The summed E-state index contributed by atoms with van der Waals surface area (Å²) in [7, 11) is 2.13. The molecule has 0 spiro atoms. The minimum Gasteiger partial charge on any atom is -0.379 e. The van der Waals surface area contributed by atoms with E-state index in [1.54, 1.807) is 0 Å². The van der Waals surface area contributed by atoms with E-state index in [0.717, 1.165) is 63.8 Å². The van der Waals surface area contributed by atoms with Crippen LogP contribution in [-0.2, 0) is 28.6 Å². The second-order valence-corrected chi connectivity index (χ2v) is 14.5. The van der Waals surface area contributed by atoms with Crippen LogP contribution >= 0.6 is 11.8 Å². The van der Waals surface area contributed by atoms with Gasteiger partial charge in [0.05, 0.1) is 38.5 Å². The van der Waals surface area contributed by atoms with Gasteiger partial charge in [0, 0.05) is 69.7 Å². The van der Waals surface area contributed by atoms with Crippen molar-refractivity contribution in [2.45, 2.75) is 102 Å². The van der Waals surface area contributed by atoms with Crippen molar-refractivity contribution in [2.24, 2.45) is 5.92 Å². The number of rotatable bonds is 30. The van der Waals surface area contributed by atoms with E-state index < -0.39 is 0 Å². The van der Waals surface area contributed by atoms with Gasteiger partial charge >= 0.3 is 6.03 Å². The van der Waals surface area contributed by atoms with Gasteiger partial charge in [-0.3, -0.25) is 14.4 Å². The summed E-state index contributed by atoms with van der Waals surface area (Å²) >= 11 is 1.91. The molecule has 2 aliphatic heterocycles. The number of urea groups is 1. The Labute approximate surface area is 292 Å². The zero-order valence-corrected chi connectivity index (χ0v) is 30.6. The highest BCUT2D eigenvalue weighted by Crippen LogP contribution is 2.33. The number of amides is 5. The Morgan fingerprint density at radius 2 is 1.29 bits per heavy atom. The van der Waals surface area contributed by atoms with Crippen molar-refractivity contribution in [3.05, 3.63) is 0 Å². The van der Waals surface area contributed by atoms with Crippen molar-refractivity contribution in [2.75, 3.05) is 85.2 Å². The number of hydrogen-bond acceptors (Lipinski definition) is 9. The van der Waals surface area contributed by atoms with Crippen LogP contribution in [0.3, 0.4) is 0 Å². The van der Waals surface area contributed by atoms with Gasteiger partial charge in [0.15, 0.2) is 0 Å². The van der Waals surface area contributed by atoms with E-state index in [1.165, 1.54) is 0 Å². The molecule has 278 valence electrons. The smallest absolute Gasteiger partial charge is 0.315 e. The van der Waals surface area contributed by atoms with Crippen molar-refractivity contribution in [1.29, 1.82) is 0 Å². The normalized spacial score (nSPS) is 18.5. The minimum absolute atomic E-state index is 0.0115. The Balaban J connectivity index is 1.24. The number of ether oxygens (including phenoxy) is 3. The topological polar surface area (TPSA) is 159 Å². The number of carbonyl (C=O) groups is 4. The van der Waals surface area contributed by atoms with Crippen LogP contribution in [0.25, 0.3) is 0 Å². The molecule has 0 unspecified atom stereocenters. The highest BCUT2D eigenvalue weighted by atomic mass is 32.2. The van der Waals surface area contributed by atoms with Gasteiger partial charge in [0.1, 0.15) is 0 Å². The highest BCUT2D eigenvalue weighted by molar-refractivity contribution is 8.00. The van der Waals surface area contributed by atoms with Crippen LogP contribution in [-0.4, -0.2) is 131 Å². The Kier molecular flexibility index (Phi) is 23.4. The molecule has 0 radical (unpaired) electrons. The van der Waals surface area contributed by atoms with Crippen molar-refractivity contribution in [1.82, 2.24) is 31.5 Å². The van der Waals surface area contributed by atoms with Gasteiger partial charge in [0.25, 0.3) is 0 Å². The first-order valence-corrected chi connectivity index (χ1v) is 19.2. The highest BCUT2D eigenvalue weighted by Gasteiger charge is 2.42. The van der Waals surface area contributed by atoms with E-state index in [9.17, 15) is 19.2 Å². The molecule has 5 amide bonds. The molecule has 5 N–H and O–H groups in total. The molecule has 2 rings (SSSR count). The maximum absolute atomic E-state index is 12.1. The maximum atomic E-state index is 12.1. The number of nitrogens with zero attached hydrogens (tertiary/aromatic N) is 1. The number of fused-ring (bicyclic) bond motifs is 1. The molecule has 0 aromatic carbocycles. The molecular formula is C34H64N6O7S. The Hall–Kier alpha value is -2.13. The summed E-state index contributed by atoms with van der Waals surface area (Å²) < 4.78 is 16.6. The second kappa shape index (κ2) is 26.7. The molecule has 14 heteroatoms. The fourth-order valence-electron chi connectivity index (χ4n) is 5.74. The van der Waals surface area contributed by atoms with Gasteiger partial charge in [-0.1, -0.05) is 20.3 Å². The molecule has 0 aromatic rings. The largest absolute Gasteiger partial charge is 0.379 e. The monoisotopic (exact) mass is 700 g/mol. The summed E-state index contributed by atoms with van der Waals surface area (Å²) in [6, 6.07) is 0.418. The quantitative estimate of drug-likeness (QED) is 0.0561. The van der Waals surface area contributed by atoms with Crippen LogP contribution < -0.4 is 26.6 Å². The first kappa shape index (κ1) is 42.0. The predicted molar refractivity (Wildman–Crippen MR) is 190 cm³/mol. The van der Waals surface area contributed by atoms with Crippen molar-refractivity contribution >= 4 is 35.5 Å². The number of hydrogen-bond donors (Lipinski definition) is 5. The second-order valence-electron chi connectivity index (χ2n) is 13.2. The lowest BCUT2D eigenvalue weighted by Gasteiger charge is -2.18. The fourth-order valence-corrected chi connectivity index (χ4v) is 7.29. The van der Waals surface area contributed by atoms with Crippen molar-refractivity contribution < 1.29 is 33.4 Å². The van der Waals surface area contributed by atoms with Crippen LogP contribution in [0.15, 0.2) is 0 Å². The zero-order chi connectivity index (χ0) is 34.8. The minimum atomic E-state index is -0.0579. The number of thioether (sulfide) groups is 1. The molecule has 0 saturated carbocycles. The third kappa shape index (κ3) is 21.1. The van der Waals surface area contributed by atoms with E-state index in [1.807, 2.05) is 11.8 Å². The van der Waals surface area contributed by atoms with Crippen LogP contribution in [0, 0.1) is 5.92 Å². The molecule has 0 aliphatic carbocycles. The van der Waals surface area contributed by atoms with E-state index in [-0.39, 0.29) is 35.8 Å². The van der Waals surface area contributed by atoms with Gasteiger partial charge in [0.2, 0.25) is 17.7 Å². The van der Waals surface area contributed by atoms with Crippen molar-refractivity contribution in [3.8, 4) is 0 Å². The molecule has 0 aromatic heterocycles. The standard InChI is InChI=1S/C34H64N6O7S/c1-27(2)25-40(3)18-7-6-15-35-31(42)13-8-14-32(43)37-17-10-20-46-22-24-47-23-21-45-19-9-16-36-30(41)12-5-4-11-29-33-28(26-48-29)38-34(44)39-33/h27-29,33H,4-26H2,1-3H3,(H,35,42)(H,36,41)(H,37,43)(H2,38,39,44)/t28-,29-,33-/m0/s1. The maximum Gasteiger partial charge on any atom is 0.315 e. The molecule has 48 heavy (non-hydrogen) atoms. The van der Waals surface area contributed by atoms with Gasteiger partial charge in [-0.2, -0.15) is 11.8 Å². The van der Waals surface area contributed by atoms with E-state index in [4.69, 9.17) is 14.2 Å². The first-order chi connectivity index (χ1) is 23.2. The summed E-state index contributed by atoms with van der Waals surface area (Å²) in [6.45, 7) is 11.5. The number of unbranched alkanes of at least 4 members (excludes halogenated alkanes) is 2. The lowest BCUT2D eigenvalue weighted by molar-refractivity contribution is -0.123. The van der Waals surface area contributed by atoms with Crippen LogP contribution in [0.4, 0.5) is 4.79 Å². The van der Waals surface area contributed by atoms with Gasteiger partial charge < -0.3 is 45.7 Å². The van der Waals surface area contributed by atoms with Gasteiger partial charge in [-0.15, -0.1) is 0 Å². The summed E-state index contributed by atoms with van der Waals surface area (Å²) in [5.74, 6) is 1.68. The average molecular weight is 701 g/mol. The summed E-state index contributed by atoms with van der Waals surface area (Å²) in [6.07, 6.45) is 8.17. The molecule has 13 nitrogen and oxygen atoms in total. The Bertz CT molecular complexity index is 915. The van der Waals surface area contributed by atoms with Crippen LogP contribution in [0.2, 0.25) is 0 Å². The molecule has 2 heterocycles. The van der Waals surface area contributed by atoms with Gasteiger partial charge in [-0.25, -0.2) is 4.79 Å². The molecule has 2 fully saturated rings. The van der Waals surface area contributed by atoms with Crippen LogP contribution in [0.1, 0.15) is 84.5 Å². The van der Waals surface area contributed by atoms with Crippen LogP contribution in [0.5, 0.6) is 0 Å². The van der Waals surface area contributed by atoms with Gasteiger partial charge in [-0.05, 0) is 64.5 Å². The Morgan fingerprint density at radius 3 is 1.88 bits per heavy atom. The Morgan fingerprint density at radius 1 is 0.750 bits per heavy atom. The third-order valence-corrected chi connectivity index (χ3v) is 9.68. The first-order valence-electron chi connectivity index (χ1n) is 18.1. The van der Waals surface area contributed by atoms with E-state index >= 15 is 0 Å². The summed E-state index contributed by atoms with van der Waals surface area (Å²) in [4.78, 5) is 49.8. The number of carbonyl (C=O) groups excluding carboxylic acids is 4. The summed E-state index contributed by atoms with van der Waals surface area (Å²) in [5, 5.41) is 15.2. The average Bonchev–Trinajstić information content (AvgIpc) is 3.59. The molecule has 0 bridgehead atoms. The molecule has 2 aliphatic rings. The summed E-state index contributed by atoms with van der Waals surface area (Å²) in [5.41, 5.74) is 0.